The Kier molecular flexibility index (Phi) is 4.51. The summed E-state index contributed by atoms with van der Waals surface area (Å²) < 4.78 is 10.7. The molecule has 0 unspecified atom stereocenters. The topological polar surface area (TPSA) is 132 Å². The van der Waals surface area contributed by atoms with Gasteiger partial charge in [0.05, 0.1) is 11.0 Å². The van der Waals surface area contributed by atoms with Gasteiger partial charge in [-0.25, -0.2) is 4.79 Å². The predicted molar refractivity (Wildman–Crippen MR) is 101 cm³/mol. The van der Waals surface area contributed by atoms with Crippen LogP contribution in [-0.4, -0.2) is 23.7 Å². The molecule has 1 fully saturated rings. The smallest absolute Gasteiger partial charge is 0.319 e. The number of nitro groups is 1. The van der Waals surface area contributed by atoms with Gasteiger partial charge in [0.1, 0.15) is 5.92 Å². The average Bonchev–Trinajstić information content (AvgIpc) is 3.15. The third-order valence-electron chi connectivity index (χ3n) is 4.63. The van der Waals surface area contributed by atoms with Crippen molar-refractivity contribution in [2.75, 3.05) is 12.1 Å². The van der Waals surface area contributed by atoms with Crippen LogP contribution in [0, 0.1) is 16.0 Å². The molecule has 0 saturated carbocycles. The maximum atomic E-state index is 13.0. The number of nitrogens with zero attached hydrogens (tertiary/aromatic N) is 1. The van der Waals surface area contributed by atoms with Crippen molar-refractivity contribution in [3.05, 3.63) is 70.4 Å². The molecule has 4 rings (SSSR count). The van der Waals surface area contributed by atoms with E-state index in [4.69, 9.17) is 9.47 Å². The van der Waals surface area contributed by atoms with E-state index in [0.29, 0.717) is 17.1 Å². The summed E-state index contributed by atoms with van der Waals surface area (Å²) in [6.45, 7) is 3.90. The molecule has 10 nitrogen and oxygen atoms in total. The van der Waals surface area contributed by atoms with Crippen molar-refractivity contribution in [1.29, 1.82) is 0 Å². The van der Waals surface area contributed by atoms with Crippen molar-refractivity contribution in [3.63, 3.8) is 0 Å². The van der Waals surface area contributed by atoms with E-state index >= 15 is 0 Å². The van der Waals surface area contributed by atoms with Crippen LogP contribution in [0.4, 0.5) is 16.2 Å². The van der Waals surface area contributed by atoms with Gasteiger partial charge in [0, 0.05) is 23.5 Å². The molecule has 3 N–H and O–H groups in total. The Balaban J connectivity index is 1.63. The summed E-state index contributed by atoms with van der Waals surface area (Å²) >= 11 is 0. The molecule has 0 spiro atoms. The number of carbonyl (C=O) groups is 2. The molecule has 148 valence electrons. The average molecular weight is 396 g/mol. The molecule has 0 aliphatic carbocycles. The Morgan fingerprint density at radius 2 is 2.00 bits per heavy atom. The van der Waals surface area contributed by atoms with Crippen LogP contribution in [0.3, 0.4) is 0 Å². The van der Waals surface area contributed by atoms with Gasteiger partial charge in [-0.3, -0.25) is 14.9 Å². The minimum atomic E-state index is -0.868. The van der Waals surface area contributed by atoms with Gasteiger partial charge >= 0.3 is 6.03 Å². The lowest BCUT2D eigenvalue weighted by Gasteiger charge is -2.33. The number of anilines is 1. The second kappa shape index (κ2) is 7.15. The lowest BCUT2D eigenvalue weighted by Crippen LogP contribution is -2.51. The maximum absolute atomic E-state index is 13.0. The Morgan fingerprint density at radius 3 is 2.79 bits per heavy atom. The Bertz CT molecular complexity index is 1040. The summed E-state index contributed by atoms with van der Waals surface area (Å²) in [5.41, 5.74) is 0.950. The van der Waals surface area contributed by atoms with E-state index in [9.17, 15) is 19.7 Å². The largest absolute Gasteiger partial charge is 0.454 e. The van der Waals surface area contributed by atoms with Crippen LogP contribution in [0.15, 0.2) is 54.7 Å². The summed E-state index contributed by atoms with van der Waals surface area (Å²) in [5, 5.41) is 18.8. The highest BCUT2D eigenvalue weighted by atomic mass is 16.7. The summed E-state index contributed by atoms with van der Waals surface area (Å²) in [4.78, 5) is 35.4. The highest BCUT2D eigenvalue weighted by Gasteiger charge is 2.38. The zero-order valence-electron chi connectivity index (χ0n) is 15.0. The molecule has 2 aromatic carbocycles. The van der Waals surface area contributed by atoms with E-state index in [2.05, 4.69) is 22.5 Å². The molecule has 2 aliphatic heterocycles. The van der Waals surface area contributed by atoms with Crippen LogP contribution in [0.1, 0.15) is 11.6 Å². The Morgan fingerprint density at radius 1 is 1.21 bits per heavy atom. The number of nitrogens with one attached hydrogen (secondary N) is 3. The molecule has 0 bridgehead atoms. The van der Waals surface area contributed by atoms with Crippen molar-refractivity contribution in [2.45, 2.75) is 6.04 Å². The number of rotatable bonds is 4. The zero-order chi connectivity index (χ0) is 20.5. The number of carbonyl (C=O) groups excluding carboxylic acids is 2. The fourth-order valence-corrected chi connectivity index (χ4v) is 3.29. The van der Waals surface area contributed by atoms with Gasteiger partial charge in [-0.15, -0.1) is 0 Å². The van der Waals surface area contributed by atoms with Crippen molar-refractivity contribution in [2.24, 2.45) is 5.92 Å². The van der Waals surface area contributed by atoms with Gasteiger partial charge in [-0.1, -0.05) is 18.7 Å². The number of benzene rings is 2. The monoisotopic (exact) mass is 396 g/mol. The number of hydrogen-bond acceptors (Lipinski definition) is 6. The first kappa shape index (κ1) is 18.3. The third-order valence-corrected chi connectivity index (χ3v) is 4.63. The minimum absolute atomic E-state index is 0.0980. The SMILES string of the molecule is C=C1NC(=O)N[C@@H](c2ccc3c(c2)OCO3)[C@H]1C(=O)Nc1cccc([N+](=O)[O-])c1. The standard InChI is InChI=1S/C19H16N4O6/c1-10-16(18(24)21-12-3-2-4-13(8-12)23(26)27)17(22-19(25)20-10)11-5-6-14-15(7-11)29-9-28-14/h2-8,16-17H,1,9H2,(H,21,24)(H2,20,22,25)/t16-,17-/m0/s1. The van der Waals surface area contributed by atoms with Crippen molar-refractivity contribution in [3.8, 4) is 11.5 Å². The first-order chi connectivity index (χ1) is 13.9. The third kappa shape index (κ3) is 3.55. The number of hydrogen-bond donors (Lipinski definition) is 3. The molecule has 2 aliphatic rings. The quantitative estimate of drug-likeness (QED) is 0.537. The highest BCUT2D eigenvalue weighted by Crippen LogP contribution is 2.38. The number of amides is 3. The number of nitro benzene ring substituents is 1. The van der Waals surface area contributed by atoms with E-state index in [1.54, 1.807) is 18.2 Å². The lowest BCUT2D eigenvalue weighted by molar-refractivity contribution is -0.384. The van der Waals surface area contributed by atoms with Crippen molar-refractivity contribution < 1.29 is 24.0 Å². The summed E-state index contributed by atoms with van der Waals surface area (Å²) in [5.74, 6) is -0.262. The van der Waals surface area contributed by atoms with E-state index < -0.39 is 28.8 Å². The van der Waals surface area contributed by atoms with E-state index in [1.807, 2.05) is 0 Å². The van der Waals surface area contributed by atoms with Crippen LogP contribution >= 0.6 is 0 Å². The molecule has 2 aromatic rings. The molecule has 2 heterocycles. The van der Waals surface area contributed by atoms with E-state index in [1.165, 1.54) is 24.3 Å². The summed E-state index contributed by atoms with van der Waals surface area (Å²) in [7, 11) is 0. The Labute approximate surface area is 164 Å². The minimum Gasteiger partial charge on any atom is -0.454 e. The number of fused-ring (bicyclic) bond motifs is 1. The fourth-order valence-electron chi connectivity index (χ4n) is 3.29. The summed E-state index contributed by atoms with van der Waals surface area (Å²) in [6.07, 6.45) is 0. The Hall–Kier alpha value is -4.08. The molecular formula is C19H16N4O6. The van der Waals surface area contributed by atoms with Gasteiger partial charge in [-0.05, 0) is 23.8 Å². The maximum Gasteiger partial charge on any atom is 0.319 e. The molecule has 0 aromatic heterocycles. The van der Waals surface area contributed by atoms with Gasteiger partial charge < -0.3 is 25.4 Å². The zero-order valence-corrected chi connectivity index (χ0v) is 15.0. The van der Waals surface area contributed by atoms with Crippen LogP contribution in [0.25, 0.3) is 0 Å². The predicted octanol–water partition coefficient (Wildman–Crippen LogP) is 2.45. The highest BCUT2D eigenvalue weighted by molar-refractivity contribution is 5.97. The van der Waals surface area contributed by atoms with Gasteiger partial charge in [0.25, 0.3) is 5.69 Å². The van der Waals surface area contributed by atoms with E-state index in [-0.39, 0.29) is 23.9 Å². The van der Waals surface area contributed by atoms with Crippen LogP contribution in [0.2, 0.25) is 0 Å². The normalized spacial score (nSPS) is 19.9. The molecule has 10 heteroatoms. The first-order valence-electron chi connectivity index (χ1n) is 8.63. The fraction of sp³-hybridized carbons (Fsp3) is 0.158. The summed E-state index contributed by atoms with van der Waals surface area (Å²) in [6, 6.07) is 9.50. The van der Waals surface area contributed by atoms with Crippen LogP contribution in [0.5, 0.6) is 11.5 Å². The van der Waals surface area contributed by atoms with Gasteiger partial charge in [0.2, 0.25) is 12.7 Å². The van der Waals surface area contributed by atoms with Crippen LogP contribution < -0.4 is 25.4 Å². The van der Waals surface area contributed by atoms with Crippen LogP contribution in [-0.2, 0) is 4.79 Å². The number of ether oxygens (including phenoxy) is 2. The number of urea groups is 1. The van der Waals surface area contributed by atoms with Crippen molar-refractivity contribution >= 4 is 23.3 Å². The molecule has 3 amide bonds. The second-order valence-corrected chi connectivity index (χ2v) is 6.49. The molecule has 1 saturated heterocycles. The second-order valence-electron chi connectivity index (χ2n) is 6.49. The van der Waals surface area contributed by atoms with E-state index in [0.717, 1.165) is 0 Å². The van der Waals surface area contributed by atoms with Gasteiger partial charge in [0.15, 0.2) is 11.5 Å². The van der Waals surface area contributed by atoms with Crippen molar-refractivity contribution in [1.82, 2.24) is 10.6 Å². The molecule has 29 heavy (non-hydrogen) atoms. The molecular weight excluding hydrogens is 380 g/mol. The molecule has 2 atom stereocenters. The number of non-ortho nitro benzene ring substituents is 1. The molecule has 0 radical (unpaired) electrons. The lowest BCUT2D eigenvalue weighted by atomic mass is 9.88. The first-order valence-corrected chi connectivity index (χ1v) is 8.63. The van der Waals surface area contributed by atoms with Gasteiger partial charge in [-0.2, -0.15) is 0 Å².